The molecule has 1 aromatic carbocycles. The third-order valence-corrected chi connectivity index (χ3v) is 3.46. The summed E-state index contributed by atoms with van der Waals surface area (Å²) < 4.78 is 23.0. The molecule has 1 rings (SSSR count). The number of hydrogen-bond donors (Lipinski definition) is 2. The van der Waals surface area contributed by atoms with Gasteiger partial charge in [-0.1, -0.05) is 0 Å². The van der Waals surface area contributed by atoms with Gasteiger partial charge in [0.2, 0.25) is 5.91 Å². The van der Waals surface area contributed by atoms with Crippen LogP contribution in [0.25, 0.3) is 0 Å². The number of amides is 1. The Balaban J connectivity index is 2.94. The number of anilines is 1. The van der Waals surface area contributed by atoms with E-state index in [1.54, 1.807) is 0 Å². The van der Waals surface area contributed by atoms with E-state index in [1.165, 1.54) is 31.2 Å². The third-order valence-electron chi connectivity index (χ3n) is 1.85. The lowest BCUT2D eigenvalue weighted by Gasteiger charge is -2.04. The Morgan fingerprint density at radius 1 is 1.24 bits per heavy atom. The van der Waals surface area contributed by atoms with Gasteiger partial charge >= 0.3 is 5.97 Å². The van der Waals surface area contributed by atoms with Crippen molar-refractivity contribution in [2.75, 3.05) is 11.1 Å². The van der Waals surface area contributed by atoms with E-state index in [9.17, 15) is 18.0 Å². The molecule has 0 spiro atoms. The second-order valence-electron chi connectivity index (χ2n) is 3.36. The van der Waals surface area contributed by atoms with Crippen LogP contribution in [-0.4, -0.2) is 31.2 Å². The van der Waals surface area contributed by atoms with Crippen molar-refractivity contribution in [1.29, 1.82) is 0 Å². The van der Waals surface area contributed by atoms with Gasteiger partial charge in [-0.2, -0.15) is 0 Å². The number of sulfone groups is 1. The van der Waals surface area contributed by atoms with Crippen LogP contribution in [0.4, 0.5) is 5.69 Å². The maximum absolute atomic E-state index is 11.5. The van der Waals surface area contributed by atoms with Gasteiger partial charge in [0.25, 0.3) is 0 Å². The molecule has 0 saturated heterocycles. The minimum atomic E-state index is -3.82. The minimum absolute atomic E-state index is 0.0889. The fraction of sp³-hybridized carbons (Fsp3) is 0.200. The number of carboxylic acid groups (broad SMARTS) is 1. The van der Waals surface area contributed by atoms with Gasteiger partial charge in [-0.3, -0.25) is 9.59 Å². The molecular weight excluding hydrogens is 246 g/mol. The van der Waals surface area contributed by atoms with Crippen molar-refractivity contribution in [3.8, 4) is 0 Å². The van der Waals surface area contributed by atoms with Gasteiger partial charge in [-0.15, -0.1) is 0 Å². The molecule has 0 unspecified atom stereocenters. The van der Waals surface area contributed by atoms with Crippen LogP contribution in [0.5, 0.6) is 0 Å². The Morgan fingerprint density at radius 2 is 1.76 bits per heavy atom. The lowest BCUT2D eigenvalue weighted by atomic mass is 10.3. The molecule has 0 aromatic heterocycles. The molecule has 0 fully saturated rings. The molecule has 0 aliphatic carbocycles. The maximum Gasteiger partial charge on any atom is 0.319 e. The van der Waals surface area contributed by atoms with E-state index in [2.05, 4.69) is 5.32 Å². The molecule has 17 heavy (non-hydrogen) atoms. The van der Waals surface area contributed by atoms with Gasteiger partial charge in [0.15, 0.2) is 15.6 Å². The second-order valence-corrected chi connectivity index (χ2v) is 5.35. The van der Waals surface area contributed by atoms with Crippen LogP contribution >= 0.6 is 0 Å². The molecule has 0 aliphatic rings. The molecule has 0 radical (unpaired) electrons. The zero-order valence-electron chi connectivity index (χ0n) is 9.00. The number of carbonyl (C=O) groups excluding carboxylic acids is 1. The Kier molecular flexibility index (Phi) is 3.84. The molecule has 0 atom stereocenters. The number of carbonyl (C=O) groups is 2. The highest BCUT2D eigenvalue weighted by Gasteiger charge is 2.18. The minimum Gasteiger partial charge on any atom is -0.480 e. The highest BCUT2D eigenvalue weighted by atomic mass is 32.2. The first-order valence-corrected chi connectivity index (χ1v) is 6.29. The van der Waals surface area contributed by atoms with Crippen LogP contribution in [0.3, 0.4) is 0 Å². The van der Waals surface area contributed by atoms with E-state index in [0.29, 0.717) is 5.69 Å². The lowest BCUT2D eigenvalue weighted by molar-refractivity contribution is -0.134. The summed E-state index contributed by atoms with van der Waals surface area (Å²) >= 11 is 0. The summed E-state index contributed by atoms with van der Waals surface area (Å²) in [5, 5.41) is 10.9. The van der Waals surface area contributed by atoms with E-state index in [1.807, 2.05) is 0 Å². The smallest absolute Gasteiger partial charge is 0.319 e. The number of rotatable bonds is 4. The van der Waals surface area contributed by atoms with Crippen molar-refractivity contribution in [3.63, 3.8) is 0 Å². The number of carboxylic acids is 1. The molecule has 2 N–H and O–H groups in total. The second kappa shape index (κ2) is 4.96. The highest BCUT2D eigenvalue weighted by molar-refractivity contribution is 7.92. The van der Waals surface area contributed by atoms with Crippen LogP contribution in [0.2, 0.25) is 0 Å². The van der Waals surface area contributed by atoms with Gasteiger partial charge < -0.3 is 10.4 Å². The van der Waals surface area contributed by atoms with Crippen molar-refractivity contribution in [1.82, 2.24) is 0 Å². The largest absolute Gasteiger partial charge is 0.480 e. The van der Waals surface area contributed by atoms with E-state index < -0.39 is 21.6 Å². The Labute approximate surface area is 98.2 Å². The molecule has 0 bridgehead atoms. The molecule has 6 nitrogen and oxygen atoms in total. The predicted molar refractivity (Wildman–Crippen MR) is 60.4 cm³/mol. The van der Waals surface area contributed by atoms with Gasteiger partial charge in [-0.25, -0.2) is 8.42 Å². The molecule has 1 amide bonds. The quantitative estimate of drug-likeness (QED) is 0.818. The zero-order chi connectivity index (χ0) is 13.1. The fourth-order valence-electron chi connectivity index (χ4n) is 1.19. The predicted octanol–water partition coefficient (Wildman–Crippen LogP) is 0.503. The van der Waals surface area contributed by atoms with E-state index in [0.717, 1.165) is 0 Å². The normalized spacial score (nSPS) is 10.9. The summed E-state index contributed by atoms with van der Waals surface area (Å²) in [7, 11) is -3.82. The van der Waals surface area contributed by atoms with Crippen molar-refractivity contribution >= 4 is 27.4 Å². The standard InChI is InChI=1S/C10H11NO5S/c1-7(12)11-8-2-4-9(5-3-8)17(15,16)6-10(13)14/h2-5H,6H2,1H3,(H,11,12)(H,13,14). The van der Waals surface area contributed by atoms with Gasteiger partial charge in [0, 0.05) is 12.6 Å². The molecule has 0 saturated carbocycles. The molecule has 7 heteroatoms. The van der Waals surface area contributed by atoms with E-state index in [4.69, 9.17) is 5.11 Å². The molecule has 0 heterocycles. The first kappa shape index (κ1) is 13.2. The Morgan fingerprint density at radius 3 is 2.18 bits per heavy atom. The molecule has 0 aliphatic heterocycles. The zero-order valence-corrected chi connectivity index (χ0v) is 9.82. The van der Waals surface area contributed by atoms with Crippen LogP contribution < -0.4 is 5.32 Å². The Bertz CT molecular complexity index is 532. The fourth-order valence-corrected chi connectivity index (χ4v) is 2.24. The molecular formula is C10H11NO5S. The summed E-state index contributed by atoms with van der Waals surface area (Å²) in [6.07, 6.45) is 0. The molecule has 92 valence electrons. The lowest BCUT2D eigenvalue weighted by Crippen LogP contribution is -2.15. The summed E-state index contributed by atoms with van der Waals surface area (Å²) in [5.74, 6) is -2.63. The van der Waals surface area contributed by atoms with Crippen LogP contribution in [0.1, 0.15) is 6.92 Å². The van der Waals surface area contributed by atoms with Crippen LogP contribution in [-0.2, 0) is 19.4 Å². The summed E-state index contributed by atoms with van der Waals surface area (Å²) in [5.41, 5.74) is 0.451. The summed E-state index contributed by atoms with van der Waals surface area (Å²) in [6, 6.07) is 5.30. The van der Waals surface area contributed by atoms with E-state index in [-0.39, 0.29) is 10.8 Å². The van der Waals surface area contributed by atoms with Crippen molar-refractivity contribution in [3.05, 3.63) is 24.3 Å². The first-order chi connectivity index (χ1) is 7.81. The van der Waals surface area contributed by atoms with Crippen LogP contribution in [0, 0.1) is 0 Å². The number of hydrogen-bond acceptors (Lipinski definition) is 4. The summed E-state index contributed by atoms with van der Waals surface area (Å²) in [6.45, 7) is 1.33. The van der Waals surface area contributed by atoms with E-state index >= 15 is 0 Å². The van der Waals surface area contributed by atoms with Crippen molar-refractivity contribution in [2.45, 2.75) is 11.8 Å². The average Bonchev–Trinajstić information content (AvgIpc) is 2.15. The Hall–Kier alpha value is -1.89. The average molecular weight is 257 g/mol. The topological polar surface area (TPSA) is 101 Å². The van der Waals surface area contributed by atoms with Crippen molar-refractivity contribution in [2.24, 2.45) is 0 Å². The third kappa shape index (κ3) is 3.87. The van der Waals surface area contributed by atoms with Gasteiger partial charge in [0.1, 0.15) is 0 Å². The maximum atomic E-state index is 11.5. The van der Waals surface area contributed by atoms with Crippen LogP contribution in [0.15, 0.2) is 29.2 Å². The SMILES string of the molecule is CC(=O)Nc1ccc(S(=O)(=O)CC(=O)O)cc1. The number of benzene rings is 1. The highest BCUT2D eigenvalue weighted by Crippen LogP contribution is 2.15. The number of nitrogens with one attached hydrogen (secondary N) is 1. The van der Waals surface area contributed by atoms with Gasteiger partial charge in [-0.05, 0) is 24.3 Å². The number of aliphatic carboxylic acids is 1. The van der Waals surface area contributed by atoms with Gasteiger partial charge in [0.05, 0.1) is 4.90 Å². The first-order valence-electron chi connectivity index (χ1n) is 4.63. The molecule has 1 aromatic rings. The monoisotopic (exact) mass is 257 g/mol. The summed E-state index contributed by atoms with van der Waals surface area (Å²) in [4.78, 5) is 21.0. The van der Waals surface area contributed by atoms with Crippen molar-refractivity contribution < 1.29 is 23.1 Å².